The van der Waals surface area contributed by atoms with Crippen LogP contribution < -0.4 is 5.32 Å². The van der Waals surface area contributed by atoms with Crippen LogP contribution in [-0.2, 0) is 0 Å². The van der Waals surface area contributed by atoms with E-state index in [4.69, 9.17) is 0 Å². The standard InChI is InChI=1S/C11H13N3.C2H6/c1-8-10-4-2-3-5-11(10)14(13-8)9-6-12-7-9;1-2/h2-5,9,12H,6-7H2,1H3;1-2H3. The molecule has 1 aliphatic rings. The van der Waals surface area contributed by atoms with Crippen molar-refractivity contribution >= 4 is 10.9 Å². The lowest BCUT2D eigenvalue weighted by Crippen LogP contribution is -2.43. The molecule has 86 valence electrons. The molecular formula is C13H19N3. The van der Waals surface area contributed by atoms with Crippen LogP contribution >= 0.6 is 0 Å². The van der Waals surface area contributed by atoms with Gasteiger partial charge in [-0.2, -0.15) is 5.10 Å². The Bertz CT molecular complexity index is 469. The van der Waals surface area contributed by atoms with Crippen molar-refractivity contribution in [3.63, 3.8) is 0 Å². The van der Waals surface area contributed by atoms with Gasteiger partial charge in [-0.15, -0.1) is 0 Å². The van der Waals surface area contributed by atoms with Crippen LogP contribution in [-0.4, -0.2) is 22.9 Å². The fourth-order valence-electron chi connectivity index (χ4n) is 1.97. The zero-order valence-electron chi connectivity index (χ0n) is 10.2. The second kappa shape index (κ2) is 4.66. The zero-order valence-corrected chi connectivity index (χ0v) is 10.2. The van der Waals surface area contributed by atoms with E-state index in [0.717, 1.165) is 18.8 Å². The number of nitrogens with one attached hydrogen (secondary N) is 1. The van der Waals surface area contributed by atoms with Crippen molar-refractivity contribution in [1.29, 1.82) is 0 Å². The van der Waals surface area contributed by atoms with Crippen LogP contribution in [0.4, 0.5) is 0 Å². The normalized spacial score (nSPS) is 15.4. The van der Waals surface area contributed by atoms with Gasteiger partial charge < -0.3 is 5.32 Å². The molecule has 0 radical (unpaired) electrons. The lowest BCUT2D eigenvalue weighted by Gasteiger charge is -2.27. The van der Waals surface area contributed by atoms with Gasteiger partial charge in [0.05, 0.1) is 17.3 Å². The van der Waals surface area contributed by atoms with Crippen molar-refractivity contribution in [2.45, 2.75) is 26.8 Å². The van der Waals surface area contributed by atoms with Crippen LogP contribution in [0.1, 0.15) is 25.6 Å². The topological polar surface area (TPSA) is 29.9 Å². The number of hydrogen-bond acceptors (Lipinski definition) is 2. The highest BCUT2D eigenvalue weighted by molar-refractivity contribution is 5.81. The molecule has 16 heavy (non-hydrogen) atoms. The van der Waals surface area contributed by atoms with Crippen LogP contribution in [0, 0.1) is 6.92 Å². The molecule has 1 fully saturated rings. The lowest BCUT2D eigenvalue weighted by molar-refractivity contribution is 0.325. The molecule has 3 nitrogen and oxygen atoms in total. The molecule has 2 aromatic rings. The second-order valence-corrected chi connectivity index (χ2v) is 3.86. The second-order valence-electron chi connectivity index (χ2n) is 3.86. The Morgan fingerprint density at radius 1 is 1.25 bits per heavy atom. The van der Waals surface area contributed by atoms with E-state index < -0.39 is 0 Å². The number of aryl methyl sites for hydroxylation is 1. The molecule has 0 amide bonds. The minimum atomic E-state index is 0.550. The Kier molecular flexibility index (Phi) is 3.25. The van der Waals surface area contributed by atoms with Gasteiger partial charge in [-0.3, -0.25) is 4.68 Å². The highest BCUT2D eigenvalue weighted by Gasteiger charge is 2.21. The predicted octanol–water partition coefficient (Wildman–Crippen LogP) is 2.52. The molecule has 2 heterocycles. The summed E-state index contributed by atoms with van der Waals surface area (Å²) in [5.41, 5.74) is 2.39. The maximum absolute atomic E-state index is 4.59. The maximum atomic E-state index is 4.59. The molecular weight excluding hydrogens is 198 g/mol. The summed E-state index contributed by atoms with van der Waals surface area (Å²) in [6, 6.07) is 8.98. The summed E-state index contributed by atoms with van der Waals surface area (Å²) in [6.07, 6.45) is 0. The van der Waals surface area contributed by atoms with Crippen molar-refractivity contribution in [3.8, 4) is 0 Å². The third-order valence-electron chi connectivity index (χ3n) is 2.90. The first-order valence-electron chi connectivity index (χ1n) is 6.01. The first kappa shape index (κ1) is 11.1. The molecule has 1 aromatic heterocycles. The molecule has 0 bridgehead atoms. The van der Waals surface area contributed by atoms with Gasteiger partial charge in [0.25, 0.3) is 0 Å². The van der Waals surface area contributed by atoms with Crippen molar-refractivity contribution < 1.29 is 0 Å². The van der Waals surface area contributed by atoms with Gasteiger partial charge in [0.1, 0.15) is 0 Å². The van der Waals surface area contributed by atoms with Crippen LogP contribution in [0.3, 0.4) is 0 Å². The van der Waals surface area contributed by atoms with Crippen molar-refractivity contribution in [1.82, 2.24) is 15.1 Å². The van der Waals surface area contributed by atoms with Gasteiger partial charge in [-0.25, -0.2) is 0 Å². The molecule has 1 saturated heterocycles. The van der Waals surface area contributed by atoms with Crippen molar-refractivity contribution in [3.05, 3.63) is 30.0 Å². The summed E-state index contributed by atoms with van der Waals surface area (Å²) in [5.74, 6) is 0. The largest absolute Gasteiger partial charge is 0.312 e. The van der Waals surface area contributed by atoms with E-state index in [1.807, 2.05) is 13.8 Å². The third-order valence-corrected chi connectivity index (χ3v) is 2.90. The third kappa shape index (κ3) is 1.71. The summed E-state index contributed by atoms with van der Waals surface area (Å²) in [6.45, 7) is 8.17. The number of fused-ring (bicyclic) bond motifs is 1. The molecule has 3 heteroatoms. The van der Waals surface area contributed by atoms with Gasteiger partial charge in [-0.05, 0) is 13.0 Å². The van der Waals surface area contributed by atoms with E-state index in [-0.39, 0.29) is 0 Å². The highest BCUT2D eigenvalue weighted by atomic mass is 15.3. The lowest BCUT2D eigenvalue weighted by atomic mass is 10.1. The summed E-state index contributed by atoms with van der Waals surface area (Å²) in [5, 5.41) is 9.14. The van der Waals surface area contributed by atoms with Gasteiger partial charge in [0.15, 0.2) is 0 Å². The van der Waals surface area contributed by atoms with E-state index in [9.17, 15) is 0 Å². The minimum Gasteiger partial charge on any atom is -0.312 e. The van der Waals surface area contributed by atoms with E-state index in [2.05, 4.69) is 46.3 Å². The van der Waals surface area contributed by atoms with Crippen molar-refractivity contribution in [2.75, 3.05) is 13.1 Å². The van der Waals surface area contributed by atoms with Crippen LogP contribution in [0.25, 0.3) is 10.9 Å². The van der Waals surface area contributed by atoms with Crippen LogP contribution in [0.2, 0.25) is 0 Å². The zero-order chi connectivity index (χ0) is 11.5. The van der Waals surface area contributed by atoms with Crippen LogP contribution in [0.15, 0.2) is 24.3 Å². The molecule has 0 aliphatic carbocycles. The minimum absolute atomic E-state index is 0.550. The summed E-state index contributed by atoms with van der Waals surface area (Å²) >= 11 is 0. The Morgan fingerprint density at radius 3 is 2.56 bits per heavy atom. The summed E-state index contributed by atoms with van der Waals surface area (Å²) in [7, 11) is 0. The highest BCUT2D eigenvalue weighted by Crippen LogP contribution is 2.22. The first-order chi connectivity index (χ1) is 7.86. The molecule has 0 unspecified atom stereocenters. The Hall–Kier alpha value is -1.35. The Balaban J connectivity index is 0.000000457. The average molecular weight is 217 g/mol. The summed E-state index contributed by atoms with van der Waals surface area (Å²) in [4.78, 5) is 0. The Labute approximate surface area is 96.5 Å². The Morgan fingerprint density at radius 2 is 1.94 bits per heavy atom. The molecule has 3 rings (SSSR count). The van der Waals surface area contributed by atoms with E-state index in [0.29, 0.717) is 6.04 Å². The van der Waals surface area contributed by atoms with Crippen molar-refractivity contribution in [2.24, 2.45) is 0 Å². The predicted molar refractivity (Wildman–Crippen MR) is 67.7 cm³/mol. The van der Waals surface area contributed by atoms with E-state index >= 15 is 0 Å². The quantitative estimate of drug-likeness (QED) is 0.795. The number of benzene rings is 1. The average Bonchev–Trinajstić information content (AvgIpc) is 2.58. The van der Waals surface area contributed by atoms with Gasteiger partial charge in [0, 0.05) is 18.5 Å². The number of rotatable bonds is 1. The van der Waals surface area contributed by atoms with Gasteiger partial charge in [-0.1, -0.05) is 32.0 Å². The number of hydrogen-bond donors (Lipinski definition) is 1. The first-order valence-corrected chi connectivity index (χ1v) is 6.01. The fraction of sp³-hybridized carbons (Fsp3) is 0.462. The molecule has 0 spiro atoms. The van der Waals surface area contributed by atoms with Crippen LogP contribution in [0.5, 0.6) is 0 Å². The number of para-hydroxylation sites is 1. The molecule has 0 atom stereocenters. The number of nitrogens with zero attached hydrogens (tertiary/aromatic N) is 2. The molecule has 1 N–H and O–H groups in total. The number of aromatic nitrogens is 2. The smallest absolute Gasteiger partial charge is 0.0775 e. The SMILES string of the molecule is CC.Cc1nn(C2CNC2)c2ccccc12. The molecule has 1 aliphatic heterocycles. The maximum Gasteiger partial charge on any atom is 0.0775 e. The summed E-state index contributed by atoms with van der Waals surface area (Å²) < 4.78 is 2.15. The monoisotopic (exact) mass is 217 g/mol. The van der Waals surface area contributed by atoms with E-state index in [1.54, 1.807) is 0 Å². The molecule has 1 aromatic carbocycles. The van der Waals surface area contributed by atoms with E-state index in [1.165, 1.54) is 10.9 Å². The van der Waals surface area contributed by atoms with Gasteiger partial charge >= 0.3 is 0 Å². The fourth-order valence-corrected chi connectivity index (χ4v) is 1.97. The van der Waals surface area contributed by atoms with Gasteiger partial charge in [0.2, 0.25) is 0 Å². The molecule has 0 saturated carbocycles.